The Kier molecular flexibility index (Phi) is 10.2. The van der Waals surface area contributed by atoms with Crippen LogP contribution in [0, 0.1) is 20.8 Å². The Hall–Kier alpha value is -3.06. The van der Waals surface area contributed by atoms with E-state index in [1.165, 1.54) is 0 Å². The summed E-state index contributed by atoms with van der Waals surface area (Å²) in [7, 11) is 0. The number of aryl methyl sites for hydroxylation is 3. The summed E-state index contributed by atoms with van der Waals surface area (Å²) in [5.74, 6) is -0.785. The van der Waals surface area contributed by atoms with Gasteiger partial charge in [-0.2, -0.15) is 0 Å². The van der Waals surface area contributed by atoms with Crippen LogP contribution in [0.2, 0.25) is 5.02 Å². The Bertz CT molecular complexity index is 1120. The third-order valence-electron chi connectivity index (χ3n) is 6.27. The van der Waals surface area contributed by atoms with Gasteiger partial charge in [-0.05, 0) is 90.1 Å². The standard InChI is InChI=1S/C29H40ClN3O4/c1-10-20(5)33(27(35)21(6)31-28(36)37-29(7,8)9)25(22-15-14-17(2)19(4)16-22)26(34)32-24-18(3)12-11-13-23(24)30/h11-16,20-21,25H,10H2,1-9H3,(H,31,36)(H,32,34). The van der Waals surface area contributed by atoms with Gasteiger partial charge in [0.05, 0.1) is 10.7 Å². The largest absolute Gasteiger partial charge is 0.444 e. The molecule has 8 heteroatoms. The molecular formula is C29H40ClN3O4. The minimum atomic E-state index is -0.958. The van der Waals surface area contributed by atoms with Gasteiger partial charge in [-0.3, -0.25) is 9.59 Å². The molecule has 202 valence electrons. The molecule has 7 nitrogen and oxygen atoms in total. The summed E-state index contributed by atoms with van der Waals surface area (Å²) in [6.45, 7) is 16.5. The molecule has 0 aliphatic heterocycles. The lowest BCUT2D eigenvalue weighted by Crippen LogP contribution is -2.53. The molecule has 0 fully saturated rings. The monoisotopic (exact) mass is 529 g/mol. The zero-order chi connectivity index (χ0) is 28.1. The van der Waals surface area contributed by atoms with E-state index in [1.54, 1.807) is 38.7 Å². The summed E-state index contributed by atoms with van der Waals surface area (Å²) in [5.41, 5.74) is 3.34. The number of amides is 3. The van der Waals surface area contributed by atoms with Gasteiger partial charge in [0.25, 0.3) is 5.91 Å². The van der Waals surface area contributed by atoms with E-state index >= 15 is 0 Å². The van der Waals surface area contributed by atoms with Crippen LogP contribution in [-0.2, 0) is 14.3 Å². The number of nitrogens with one attached hydrogen (secondary N) is 2. The SMILES string of the molecule is CCC(C)N(C(=O)C(C)NC(=O)OC(C)(C)C)C(C(=O)Nc1c(C)cccc1Cl)c1ccc(C)c(C)c1. The molecule has 0 saturated carbocycles. The fraction of sp³-hybridized carbons (Fsp3) is 0.483. The molecule has 0 aliphatic carbocycles. The number of anilines is 1. The second kappa shape index (κ2) is 12.5. The molecule has 0 saturated heterocycles. The van der Waals surface area contributed by atoms with Crippen LogP contribution in [0.15, 0.2) is 36.4 Å². The normalized spacial score (nSPS) is 13.8. The van der Waals surface area contributed by atoms with E-state index in [0.717, 1.165) is 16.7 Å². The summed E-state index contributed by atoms with van der Waals surface area (Å²) in [6.07, 6.45) is -0.0960. The van der Waals surface area contributed by atoms with Crippen molar-refractivity contribution in [2.45, 2.75) is 92.5 Å². The molecule has 0 bridgehead atoms. The first-order valence-electron chi connectivity index (χ1n) is 12.6. The molecule has 3 atom stereocenters. The fourth-order valence-corrected chi connectivity index (χ4v) is 4.19. The summed E-state index contributed by atoms with van der Waals surface area (Å²) >= 11 is 6.41. The Morgan fingerprint density at radius 3 is 2.19 bits per heavy atom. The minimum Gasteiger partial charge on any atom is -0.444 e. The highest BCUT2D eigenvalue weighted by Gasteiger charge is 2.37. The number of benzene rings is 2. The highest BCUT2D eigenvalue weighted by atomic mass is 35.5. The molecule has 0 spiro atoms. The van der Waals surface area contributed by atoms with E-state index in [0.29, 0.717) is 22.7 Å². The lowest BCUT2D eigenvalue weighted by molar-refractivity contribution is -0.143. The van der Waals surface area contributed by atoms with Crippen molar-refractivity contribution >= 4 is 35.2 Å². The van der Waals surface area contributed by atoms with Gasteiger partial charge < -0.3 is 20.3 Å². The molecule has 2 rings (SSSR count). The predicted molar refractivity (Wildman–Crippen MR) is 149 cm³/mol. The zero-order valence-electron chi connectivity index (χ0n) is 23.4. The Labute approximate surface area is 225 Å². The summed E-state index contributed by atoms with van der Waals surface area (Å²) in [6, 6.07) is 8.92. The highest BCUT2D eigenvalue weighted by Crippen LogP contribution is 2.31. The van der Waals surface area contributed by atoms with Crippen molar-refractivity contribution in [2.75, 3.05) is 5.32 Å². The topological polar surface area (TPSA) is 87.7 Å². The summed E-state index contributed by atoms with van der Waals surface area (Å²) in [5, 5.41) is 5.99. The van der Waals surface area contributed by atoms with E-state index in [4.69, 9.17) is 16.3 Å². The second-order valence-corrected chi connectivity index (χ2v) is 10.9. The van der Waals surface area contributed by atoms with Gasteiger partial charge in [-0.15, -0.1) is 0 Å². The average Bonchev–Trinajstić information content (AvgIpc) is 2.79. The smallest absolute Gasteiger partial charge is 0.408 e. The second-order valence-electron chi connectivity index (χ2n) is 10.5. The van der Waals surface area contributed by atoms with Gasteiger partial charge in [-0.25, -0.2) is 4.79 Å². The van der Waals surface area contributed by atoms with Crippen LogP contribution in [0.4, 0.5) is 10.5 Å². The number of halogens is 1. The number of rotatable bonds is 8. The van der Waals surface area contributed by atoms with Crippen molar-refractivity contribution < 1.29 is 19.1 Å². The molecule has 2 aromatic rings. The molecule has 37 heavy (non-hydrogen) atoms. The molecule has 2 aromatic carbocycles. The Balaban J connectivity index is 2.55. The predicted octanol–water partition coefficient (Wildman–Crippen LogP) is 6.49. The van der Waals surface area contributed by atoms with Gasteiger partial charge in [0, 0.05) is 6.04 Å². The number of hydrogen-bond donors (Lipinski definition) is 2. The van der Waals surface area contributed by atoms with Crippen LogP contribution in [0.5, 0.6) is 0 Å². The van der Waals surface area contributed by atoms with Crippen LogP contribution < -0.4 is 10.6 Å². The van der Waals surface area contributed by atoms with E-state index < -0.39 is 35.6 Å². The number of carbonyl (C=O) groups excluding carboxylic acids is 3. The summed E-state index contributed by atoms with van der Waals surface area (Å²) in [4.78, 5) is 41.7. The molecular weight excluding hydrogens is 490 g/mol. The highest BCUT2D eigenvalue weighted by molar-refractivity contribution is 6.34. The van der Waals surface area contributed by atoms with Crippen molar-refractivity contribution in [2.24, 2.45) is 0 Å². The number of nitrogens with zero attached hydrogens (tertiary/aromatic N) is 1. The van der Waals surface area contributed by atoms with Crippen molar-refractivity contribution in [3.8, 4) is 0 Å². The maximum absolute atomic E-state index is 13.9. The number of ether oxygens (including phenoxy) is 1. The van der Waals surface area contributed by atoms with E-state index in [2.05, 4.69) is 10.6 Å². The Morgan fingerprint density at radius 1 is 1.00 bits per heavy atom. The average molecular weight is 530 g/mol. The number of hydrogen-bond acceptors (Lipinski definition) is 4. The van der Waals surface area contributed by atoms with Crippen LogP contribution >= 0.6 is 11.6 Å². The van der Waals surface area contributed by atoms with Crippen molar-refractivity contribution in [3.05, 3.63) is 63.7 Å². The molecule has 3 amide bonds. The third-order valence-corrected chi connectivity index (χ3v) is 6.58. The maximum atomic E-state index is 13.9. The van der Waals surface area contributed by atoms with E-state index in [-0.39, 0.29) is 6.04 Å². The first-order valence-corrected chi connectivity index (χ1v) is 13.0. The third kappa shape index (κ3) is 7.96. The molecule has 0 aromatic heterocycles. The first kappa shape index (κ1) is 30.2. The number of para-hydroxylation sites is 1. The van der Waals surface area contributed by atoms with Crippen molar-refractivity contribution in [1.29, 1.82) is 0 Å². The van der Waals surface area contributed by atoms with Gasteiger partial charge in [0.15, 0.2) is 0 Å². The van der Waals surface area contributed by atoms with E-state index in [9.17, 15) is 14.4 Å². The van der Waals surface area contributed by atoms with Crippen LogP contribution in [0.25, 0.3) is 0 Å². The van der Waals surface area contributed by atoms with Crippen molar-refractivity contribution in [3.63, 3.8) is 0 Å². The van der Waals surface area contributed by atoms with Gasteiger partial charge >= 0.3 is 6.09 Å². The van der Waals surface area contributed by atoms with Crippen LogP contribution in [0.3, 0.4) is 0 Å². The van der Waals surface area contributed by atoms with Gasteiger partial charge in [-0.1, -0.05) is 48.9 Å². The van der Waals surface area contributed by atoms with Crippen LogP contribution in [-0.4, -0.2) is 40.5 Å². The van der Waals surface area contributed by atoms with Crippen molar-refractivity contribution in [1.82, 2.24) is 10.2 Å². The molecule has 2 N–H and O–H groups in total. The lowest BCUT2D eigenvalue weighted by Gasteiger charge is -2.38. The first-order chi connectivity index (χ1) is 17.2. The van der Waals surface area contributed by atoms with Gasteiger partial charge in [0.2, 0.25) is 5.91 Å². The lowest BCUT2D eigenvalue weighted by atomic mass is 9.96. The zero-order valence-corrected chi connectivity index (χ0v) is 24.1. The number of carbonyl (C=O) groups is 3. The molecule has 0 heterocycles. The quantitative estimate of drug-likeness (QED) is 0.409. The van der Waals surface area contributed by atoms with E-state index in [1.807, 2.05) is 65.0 Å². The maximum Gasteiger partial charge on any atom is 0.408 e. The molecule has 0 radical (unpaired) electrons. The Morgan fingerprint density at radius 2 is 1.65 bits per heavy atom. The summed E-state index contributed by atoms with van der Waals surface area (Å²) < 4.78 is 5.34. The number of alkyl carbamates (subject to hydrolysis) is 1. The molecule has 3 unspecified atom stereocenters. The van der Waals surface area contributed by atoms with Crippen LogP contribution in [0.1, 0.15) is 76.3 Å². The molecule has 0 aliphatic rings. The fourth-order valence-electron chi connectivity index (χ4n) is 3.92. The van der Waals surface area contributed by atoms with Gasteiger partial charge in [0.1, 0.15) is 17.7 Å². The minimum absolute atomic E-state index is 0.305.